The molecule has 3 rings (SSSR count). The number of fused-ring (bicyclic) bond motifs is 1. The lowest BCUT2D eigenvalue weighted by Gasteiger charge is -2.35. The van der Waals surface area contributed by atoms with Crippen LogP contribution in [0.3, 0.4) is 0 Å². The van der Waals surface area contributed by atoms with Crippen LogP contribution in [0.15, 0.2) is 18.5 Å². The lowest BCUT2D eigenvalue weighted by atomic mass is 10.2. The Labute approximate surface area is 146 Å². The summed E-state index contributed by atoms with van der Waals surface area (Å²) in [5.74, 6) is 1.01. The molecule has 0 spiro atoms. The van der Waals surface area contributed by atoms with E-state index < -0.39 is 0 Å². The summed E-state index contributed by atoms with van der Waals surface area (Å²) in [5.41, 5.74) is 6.40. The molecule has 2 aromatic heterocycles. The first-order chi connectivity index (χ1) is 10.1. The van der Waals surface area contributed by atoms with E-state index in [1.54, 1.807) is 10.8 Å². The average Bonchev–Trinajstić information content (AvgIpc) is 2.94. The van der Waals surface area contributed by atoms with Crippen molar-refractivity contribution < 1.29 is 4.79 Å². The molecule has 0 aromatic carbocycles. The number of carbonyl (C=O) groups excluding carboxylic acids is 1. The van der Waals surface area contributed by atoms with Crippen molar-refractivity contribution in [1.82, 2.24) is 24.7 Å². The highest BCUT2D eigenvalue weighted by Gasteiger charge is 2.22. The minimum atomic E-state index is -0.0895. The summed E-state index contributed by atoms with van der Waals surface area (Å²) in [6.45, 7) is 4.80. The molecule has 0 aliphatic carbocycles. The van der Waals surface area contributed by atoms with Gasteiger partial charge in [0.25, 0.3) is 0 Å². The van der Waals surface area contributed by atoms with Crippen LogP contribution in [0.4, 0.5) is 5.82 Å². The van der Waals surface area contributed by atoms with Gasteiger partial charge in [-0.1, -0.05) is 0 Å². The van der Waals surface area contributed by atoms with E-state index in [2.05, 4.69) is 20.2 Å². The van der Waals surface area contributed by atoms with Gasteiger partial charge in [0.1, 0.15) is 12.1 Å². The zero-order valence-corrected chi connectivity index (χ0v) is 14.5. The smallest absolute Gasteiger partial charge is 0.224 e. The number of hydrogen-bond acceptors (Lipinski definition) is 6. The molecule has 1 aliphatic heterocycles. The fourth-order valence-electron chi connectivity index (χ4n) is 2.48. The number of rotatable bonds is 3. The molecule has 1 unspecified atom stereocenters. The van der Waals surface area contributed by atoms with Crippen molar-refractivity contribution >= 4 is 42.2 Å². The number of amides is 1. The Kier molecular flexibility index (Phi) is 6.99. The lowest BCUT2D eigenvalue weighted by molar-refractivity contribution is -0.131. The number of carbonyl (C=O) groups is 1. The van der Waals surface area contributed by atoms with Gasteiger partial charge in [-0.15, -0.1) is 40.1 Å². The third kappa shape index (κ3) is 4.43. The molecule has 2 aromatic rings. The molecule has 10 heteroatoms. The van der Waals surface area contributed by atoms with Crippen molar-refractivity contribution in [3.63, 3.8) is 0 Å². The highest BCUT2D eigenvalue weighted by molar-refractivity contribution is 5.85. The predicted octanol–water partition coefficient (Wildman–Crippen LogP) is 0.354. The van der Waals surface area contributed by atoms with Gasteiger partial charge in [-0.2, -0.15) is 4.52 Å². The van der Waals surface area contributed by atoms with Crippen LogP contribution in [0.1, 0.15) is 13.3 Å². The molecule has 2 N–H and O–H groups in total. The quantitative estimate of drug-likeness (QED) is 0.847. The summed E-state index contributed by atoms with van der Waals surface area (Å²) in [7, 11) is 0. The van der Waals surface area contributed by atoms with Gasteiger partial charge in [-0.05, 0) is 19.1 Å². The average molecular weight is 362 g/mol. The maximum atomic E-state index is 12.0. The Morgan fingerprint density at radius 1 is 1.26 bits per heavy atom. The normalized spacial score (nSPS) is 15.7. The van der Waals surface area contributed by atoms with Crippen molar-refractivity contribution in [2.24, 2.45) is 5.73 Å². The van der Waals surface area contributed by atoms with E-state index >= 15 is 0 Å². The summed E-state index contributed by atoms with van der Waals surface area (Å²) in [4.78, 5) is 16.0. The van der Waals surface area contributed by atoms with Crippen molar-refractivity contribution in [3.8, 4) is 0 Å². The first-order valence-electron chi connectivity index (χ1n) is 7.09. The molecule has 8 nitrogen and oxygen atoms in total. The summed E-state index contributed by atoms with van der Waals surface area (Å²) in [5, 5.41) is 12.2. The number of halogens is 2. The second kappa shape index (κ2) is 8.28. The van der Waals surface area contributed by atoms with Gasteiger partial charge < -0.3 is 15.5 Å². The van der Waals surface area contributed by atoms with Gasteiger partial charge in [-0.3, -0.25) is 4.79 Å². The topological polar surface area (TPSA) is 92.7 Å². The SMILES string of the molecule is CC(N)CC(=O)N1CCN(c2ccc3nncn3n2)CC1.Cl.Cl. The Hall–Kier alpha value is -1.64. The molecule has 1 amide bonds. The van der Waals surface area contributed by atoms with Crippen molar-refractivity contribution in [3.05, 3.63) is 18.5 Å². The zero-order valence-electron chi connectivity index (χ0n) is 12.8. The largest absolute Gasteiger partial charge is 0.352 e. The van der Waals surface area contributed by atoms with Crippen LogP contribution in [0.25, 0.3) is 5.65 Å². The highest BCUT2D eigenvalue weighted by atomic mass is 35.5. The van der Waals surface area contributed by atoms with E-state index in [0.29, 0.717) is 19.5 Å². The Balaban J connectivity index is 0.00000132. The summed E-state index contributed by atoms with van der Waals surface area (Å²) in [6.07, 6.45) is 1.99. The van der Waals surface area contributed by atoms with Gasteiger partial charge >= 0.3 is 0 Å². The first-order valence-corrected chi connectivity index (χ1v) is 7.09. The van der Waals surface area contributed by atoms with Gasteiger partial charge in [0.2, 0.25) is 5.91 Å². The van der Waals surface area contributed by atoms with Gasteiger partial charge in [-0.25, -0.2) is 0 Å². The van der Waals surface area contributed by atoms with E-state index in [1.165, 1.54) is 0 Å². The third-order valence-electron chi connectivity index (χ3n) is 3.60. The van der Waals surface area contributed by atoms with Crippen LogP contribution < -0.4 is 10.6 Å². The van der Waals surface area contributed by atoms with Crippen LogP contribution in [-0.2, 0) is 4.79 Å². The first kappa shape index (κ1) is 19.4. The molecule has 1 aliphatic rings. The molecule has 0 saturated carbocycles. The Morgan fingerprint density at radius 3 is 2.61 bits per heavy atom. The summed E-state index contributed by atoms with van der Waals surface area (Å²) >= 11 is 0. The molecule has 128 valence electrons. The zero-order chi connectivity index (χ0) is 14.8. The number of nitrogens with zero attached hydrogens (tertiary/aromatic N) is 6. The monoisotopic (exact) mass is 361 g/mol. The highest BCUT2D eigenvalue weighted by Crippen LogP contribution is 2.14. The minimum Gasteiger partial charge on any atom is -0.352 e. The summed E-state index contributed by atoms with van der Waals surface area (Å²) < 4.78 is 1.66. The maximum Gasteiger partial charge on any atom is 0.224 e. The lowest BCUT2D eigenvalue weighted by Crippen LogP contribution is -2.49. The van der Waals surface area contributed by atoms with Crippen LogP contribution in [0.2, 0.25) is 0 Å². The van der Waals surface area contributed by atoms with E-state index in [1.807, 2.05) is 24.0 Å². The van der Waals surface area contributed by atoms with Crippen molar-refractivity contribution in [2.75, 3.05) is 31.1 Å². The van der Waals surface area contributed by atoms with Crippen molar-refractivity contribution in [1.29, 1.82) is 0 Å². The van der Waals surface area contributed by atoms with E-state index in [9.17, 15) is 4.79 Å². The van der Waals surface area contributed by atoms with Gasteiger partial charge in [0.15, 0.2) is 5.65 Å². The molecule has 1 fully saturated rings. The van der Waals surface area contributed by atoms with Gasteiger partial charge in [0.05, 0.1) is 0 Å². The van der Waals surface area contributed by atoms with Crippen LogP contribution >= 0.6 is 24.8 Å². The second-order valence-electron chi connectivity index (χ2n) is 5.37. The maximum absolute atomic E-state index is 12.0. The molecule has 0 radical (unpaired) electrons. The van der Waals surface area contributed by atoms with Crippen LogP contribution in [0.5, 0.6) is 0 Å². The minimum absolute atomic E-state index is 0. The number of anilines is 1. The number of hydrogen-bond donors (Lipinski definition) is 1. The second-order valence-corrected chi connectivity index (χ2v) is 5.37. The van der Waals surface area contributed by atoms with E-state index in [4.69, 9.17) is 5.73 Å². The van der Waals surface area contributed by atoms with E-state index in [0.717, 1.165) is 24.6 Å². The molecule has 1 saturated heterocycles. The molecular formula is C13H21Cl2N7O. The molecule has 0 bridgehead atoms. The third-order valence-corrected chi connectivity index (χ3v) is 3.60. The Bertz CT molecular complexity index is 640. The number of aromatic nitrogens is 4. The van der Waals surface area contributed by atoms with Crippen LogP contribution in [-0.4, -0.2) is 62.8 Å². The fourth-order valence-corrected chi connectivity index (χ4v) is 2.48. The molecular weight excluding hydrogens is 341 g/mol. The number of nitrogens with two attached hydrogens (primary N) is 1. The van der Waals surface area contributed by atoms with Crippen LogP contribution in [0, 0.1) is 0 Å². The molecule has 1 atom stereocenters. The Morgan fingerprint density at radius 2 is 1.96 bits per heavy atom. The molecule has 23 heavy (non-hydrogen) atoms. The predicted molar refractivity (Wildman–Crippen MR) is 92.3 cm³/mol. The van der Waals surface area contributed by atoms with Gasteiger partial charge in [0, 0.05) is 38.6 Å². The van der Waals surface area contributed by atoms with Crippen molar-refractivity contribution in [2.45, 2.75) is 19.4 Å². The number of piperazine rings is 1. The molecule has 3 heterocycles. The van der Waals surface area contributed by atoms with E-state index in [-0.39, 0.29) is 36.8 Å². The summed E-state index contributed by atoms with van der Waals surface area (Å²) in [6, 6.07) is 3.74. The fraction of sp³-hybridized carbons (Fsp3) is 0.538. The standard InChI is InChI=1S/C13H19N7O.2ClH/c1-10(14)8-13(21)19-6-4-18(5-7-19)12-3-2-11-16-15-9-20(11)17-12;;/h2-3,9-10H,4-8,14H2,1H3;2*1H.